The fourth-order valence-electron chi connectivity index (χ4n) is 4.60. The van der Waals surface area contributed by atoms with Crippen LogP contribution in [0.5, 0.6) is 0 Å². The van der Waals surface area contributed by atoms with Gasteiger partial charge in [-0.05, 0) is 51.7 Å². The molecule has 1 aromatic rings. The lowest BCUT2D eigenvalue weighted by Crippen LogP contribution is -2.52. The predicted molar refractivity (Wildman–Crippen MR) is 139 cm³/mol. The van der Waals surface area contributed by atoms with Crippen LogP contribution in [0, 0.1) is 0 Å². The smallest absolute Gasteiger partial charge is 0.271 e. The Balaban J connectivity index is 0.00000158. The van der Waals surface area contributed by atoms with Crippen LogP contribution in [0.15, 0.2) is 29.3 Å². The zero-order chi connectivity index (χ0) is 24.5. The second-order valence-corrected chi connectivity index (χ2v) is 8.98. The van der Waals surface area contributed by atoms with E-state index in [2.05, 4.69) is 24.9 Å². The standard InChI is InChI=1S/C24H37N7O.C2H6/c1-4-28(23(32)22-10-9-19(3)27-31(22)5-2)12-11-20-17-25-24(26-18-20)30-15-13-29(14-16-30)21-7-6-8-21;1-2/h10,17-18,21H,4-9,11-16H2,1-3H3;1-2H3. The maximum atomic E-state index is 13.1. The van der Waals surface area contributed by atoms with Gasteiger partial charge in [-0.25, -0.2) is 9.97 Å². The summed E-state index contributed by atoms with van der Waals surface area (Å²) in [6.45, 7) is 16.3. The van der Waals surface area contributed by atoms with E-state index in [9.17, 15) is 4.79 Å². The van der Waals surface area contributed by atoms with Gasteiger partial charge in [0.2, 0.25) is 5.95 Å². The molecule has 1 aliphatic carbocycles. The van der Waals surface area contributed by atoms with Gasteiger partial charge in [0.1, 0.15) is 5.70 Å². The average Bonchev–Trinajstić information content (AvgIpc) is 2.85. The number of hydrazone groups is 1. The monoisotopic (exact) mass is 469 g/mol. The Bertz CT molecular complexity index is 839. The SMILES string of the molecule is CC.CCN(CCc1cnc(N2CCN(C3CCC3)CC2)nc1)C(=O)C1=CCC(C)=NN1CC. The fraction of sp³-hybridized carbons (Fsp3) is 0.692. The van der Waals surface area contributed by atoms with E-state index in [1.54, 1.807) is 0 Å². The molecule has 0 unspecified atom stereocenters. The maximum absolute atomic E-state index is 13.1. The van der Waals surface area contributed by atoms with Crippen molar-refractivity contribution in [2.45, 2.75) is 72.8 Å². The third-order valence-electron chi connectivity index (χ3n) is 6.90. The summed E-state index contributed by atoms with van der Waals surface area (Å²) in [5.41, 5.74) is 2.78. The molecule has 4 rings (SSSR count). The minimum absolute atomic E-state index is 0.0486. The van der Waals surface area contributed by atoms with Crippen LogP contribution in [0.1, 0.15) is 65.9 Å². The minimum atomic E-state index is 0.0486. The first-order chi connectivity index (χ1) is 16.6. The maximum Gasteiger partial charge on any atom is 0.271 e. The number of aromatic nitrogens is 2. The van der Waals surface area contributed by atoms with Crippen LogP contribution in [0.25, 0.3) is 0 Å². The number of rotatable bonds is 8. The van der Waals surface area contributed by atoms with E-state index in [0.29, 0.717) is 25.3 Å². The van der Waals surface area contributed by atoms with Crippen molar-refractivity contribution in [2.75, 3.05) is 50.7 Å². The summed E-state index contributed by atoms with van der Waals surface area (Å²) in [7, 11) is 0. The molecule has 188 valence electrons. The van der Waals surface area contributed by atoms with Gasteiger partial charge in [-0.15, -0.1) is 0 Å². The Labute approximate surface area is 205 Å². The number of allylic oxidation sites excluding steroid dienone is 1. The normalized spacial score (nSPS) is 19.0. The number of piperazine rings is 1. The number of carbonyl (C=O) groups excluding carboxylic acids is 1. The number of hydrogen-bond acceptors (Lipinski definition) is 7. The van der Waals surface area contributed by atoms with E-state index in [1.165, 1.54) is 19.3 Å². The number of anilines is 1. The van der Waals surface area contributed by atoms with E-state index in [-0.39, 0.29) is 5.91 Å². The Kier molecular flexibility index (Phi) is 9.86. The zero-order valence-electron chi connectivity index (χ0n) is 21.8. The van der Waals surface area contributed by atoms with E-state index in [1.807, 2.05) is 63.0 Å². The third-order valence-corrected chi connectivity index (χ3v) is 6.90. The Morgan fingerprint density at radius 2 is 1.76 bits per heavy atom. The highest BCUT2D eigenvalue weighted by atomic mass is 16.2. The summed E-state index contributed by atoms with van der Waals surface area (Å²) in [4.78, 5) is 29.2. The van der Waals surface area contributed by atoms with Gasteiger partial charge >= 0.3 is 0 Å². The number of amides is 1. The fourth-order valence-corrected chi connectivity index (χ4v) is 4.60. The molecule has 0 spiro atoms. The first-order valence-corrected chi connectivity index (χ1v) is 13.2. The lowest BCUT2D eigenvalue weighted by Gasteiger charge is -2.42. The van der Waals surface area contributed by atoms with Gasteiger partial charge in [0, 0.05) is 76.4 Å². The van der Waals surface area contributed by atoms with Gasteiger partial charge in [-0.2, -0.15) is 5.10 Å². The van der Waals surface area contributed by atoms with Gasteiger partial charge in [-0.1, -0.05) is 20.3 Å². The number of hydrogen-bond donors (Lipinski definition) is 0. The van der Waals surface area contributed by atoms with Gasteiger partial charge in [-0.3, -0.25) is 14.7 Å². The largest absolute Gasteiger partial charge is 0.338 e. The highest BCUT2D eigenvalue weighted by molar-refractivity contribution is 5.95. The van der Waals surface area contributed by atoms with E-state index >= 15 is 0 Å². The molecule has 0 N–H and O–H groups in total. The molecule has 8 heteroatoms. The predicted octanol–water partition coefficient (Wildman–Crippen LogP) is 3.55. The van der Waals surface area contributed by atoms with E-state index < -0.39 is 0 Å². The van der Waals surface area contributed by atoms with Crippen LogP contribution in [-0.4, -0.2) is 88.3 Å². The van der Waals surface area contributed by atoms with Crippen LogP contribution >= 0.6 is 0 Å². The summed E-state index contributed by atoms with van der Waals surface area (Å²) < 4.78 is 0. The Morgan fingerprint density at radius 3 is 2.32 bits per heavy atom. The van der Waals surface area contributed by atoms with Gasteiger partial charge < -0.3 is 9.80 Å². The van der Waals surface area contributed by atoms with Crippen LogP contribution in [-0.2, 0) is 11.2 Å². The average molecular weight is 470 g/mol. The van der Waals surface area contributed by atoms with Crippen molar-refractivity contribution in [3.8, 4) is 0 Å². The lowest BCUT2D eigenvalue weighted by atomic mass is 9.91. The van der Waals surface area contributed by atoms with E-state index in [0.717, 1.165) is 62.3 Å². The summed E-state index contributed by atoms with van der Waals surface area (Å²) in [5, 5.41) is 6.33. The van der Waals surface area contributed by atoms with Crippen molar-refractivity contribution in [2.24, 2.45) is 5.10 Å². The molecular formula is C26H43N7O. The van der Waals surface area contributed by atoms with E-state index in [4.69, 9.17) is 0 Å². The van der Waals surface area contributed by atoms with Crippen molar-refractivity contribution in [1.82, 2.24) is 24.8 Å². The highest BCUT2D eigenvalue weighted by Gasteiger charge is 2.28. The van der Waals surface area contributed by atoms with Crippen molar-refractivity contribution in [3.63, 3.8) is 0 Å². The molecule has 0 radical (unpaired) electrons. The molecule has 0 atom stereocenters. The summed E-state index contributed by atoms with van der Waals surface area (Å²) in [6, 6.07) is 0.814. The molecule has 2 fully saturated rings. The minimum Gasteiger partial charge on any atom is -0.338 e. The van der Waals surface area contributed by atoms with Crippen LogP contribution in [0.3, 0.4) is 0 Å². The number of likely N-dealkylation sites (N-methyl/N-ethyl adjacent to an activating group) is 2. The molecule has 1 aromatic heterocycles. The van der Waals surface area contributed by atoms with Crippen molar-refractivity contribution in [3.05, 3.63) is 29.7 Å². The number of carbonyl (C=O) groups is 1. The summed E-state index contributed by atoms with van der Waals surface area (Å²) in [6.07, 6.45) is 11.4. The number of nitrogens with zero attached hydrogens (tertiary/aromatic N) is 7. The molecule has 3 heterocycles. The lowest BCUT2D eigenvalue weighted by molar-refractivity contribution is -0.128. The highest BCUT2D eigenvalue weighted by Crippen LogP contribution is 2.26. The van der Waals surface area contributed by atoms with Crippen LogP contribution < -0.4 is 4.90 Å². The zero-order valence-corrected chi connectivity index (χ0v) is 21.8. The van der Waals surface area contributed by atoms with Crippen LogP contribution in [0.4, 0.5) is 5.95 Å². The molecule has 0 aromatic carbocycles. The molecular weight excluding hydrogens is 426 g/mol. The van der Waals surface area contributed by atoms with Gasteiger partial charge in [0.05, 0.1) is 0 Å². The van der Waals surface area contributed by atoms with Gasteiger partial charge in [0.15, 0.2) is 0 Å². The summed E-state index contributed by atoms with van der Waals surface area (Å²) in [5.74, 6) is 0.872. The second-order valence-electron chi connectivity index (χ2n) is 8.98. The molecule has 1 saturated carbocycles. The molecule has 0 bridgehead atoms. The van der Waals surface area contributed by atoms with Crippen molar-refractivity contribution in [1.29, 1.82) is 0 Å². The second kappa shape index (κ2) is 12.8. The van der Waals surface area contributed by atoms with Crippen molar-refractivity contribution < 1.29 is 4.79 Å². The molecule has 1 saturated heterocycles. The first kappa shape index (κ1) is 26.1. The molecule has 3 aliphatic rings. The quantitative estimate of drug-likeness (QED) is 0.580. The molecule has 8 nitrogen and oxygen atoms in total. The topological polar surface area (TPSA) is 68.2 Å². The van der Waals surface area contributed by atoms with Gasteiger partial charge in [0.25, 0.3) is 5.91 Å². The molecule has 34 heavy (non-hydrogen) atoms. The summed E-state index contributed by atoms with van der Waals surface area (Å²) >= 11 is 0. The Hall–Kier alpha value is -2.48. The van der Waals surface area contributed by atoms with Crippen LogP contribution in [0.2, 0.25) is 0 Å². The molecule has 1 amide bonds. The molecule has 2 aliphatic heterocycles. The van der Waals surface area contributed by atoms with Crippen molar-refractivity contribution >= 4 is 17.6 Å². The third kappa shape index (κ3) is 6.34. The first-order valence-electron chi connectivity index (χ1n) is 13.2. The Morgan fingerprint density at radius 1 is 1.09 bits per heavy atom.